The third kappa shape index (κ3) is 3.92. The van der Waals surface area contributed by atoms with Crippen molar-refractivity contribution < 1.29 is 4.74 Å². The molecule has 2 aromatic carbocycles. The second kappa shape index (κ2) is 7.27. The minimum absolute atomic E-state index is 0.394. The number of anilines is 5. The molecule has 0 saturated heterocycles. The van der Waals surface area contributed by atoms with Crippen LogP contribution >= 0.6 is 11.6 Å². The lowest BCUT2D eigenvalue weighted by Crippen LogP contribution is -2.06. The first kappa shape index (κ1) is 16.9. The Morgan fingerprint density at radius 1 is 1.04 bits per heavy atom. The van der Waals surface area contributed by atoms with E-state index in [2.05, 4.69) is 20.6 Å². The third-order valence-corrected chi connectivity index (χ3v) is 3.81. The molecule has 3 aromatic rings. The minimum atomic E-state index is 0.394. The molecule has 4 N–H and O–H groups in total. The van der Waals surface area contributed by atoms with Crippen molar-refractivity contribution in [1.82, 2.24) is 9.97 Å². The maximum Gasteiger partial charge on any atom is 0.159 e. The van der Waals surface area contributed by atoms with Crippen molar-refractivity contribution in [3.63, 3.8) is 0 Å². The average Bonchev–Trinajstić information content (AvgIpc) is 2.59. The monoisotopic (exact) mass is 355 g/mol. The fraction of sp³-hybridized carbons (Fsp3) is 0.111. The lowest BCUT2D eigenvalue weighted by Gasteiger charge is -2.15. The van der Waals surface area contributed by atoms with Gasteiger partial charge in [0.15, 0.2) is 11.6 Å². The Hall–Kier alpha value is -2.99. The summed E-state index contributed by atoms with van der Waals surface area (Å²) >= 11 is 6.01. The van der Waals surface area contributed by atoms with Crippen molar-refractivity contribution in [2.45, 2.75) is 6.92 Å². The number of benzene rings is 2. The van der Waals surface area contributed by atoms with Crippen LogP contribution in [-0.2, 0) is 0 Å². The van der Waals surface area contributed by atoms with E-state index < -0.39 is 0 Å². The lowest BCUT2D eigenvalue weighted by atomic mass is 10.2. The molecular weight excluding hydrogens is 338 g/mol. The molecular formula is C18H18ClN5O. The Balaban J connectivity index is 1.90. The van der Waals surface area contributed by atoms with Crippen molar-refractivity contribution >= 4 is 40.3 Å². The zero-order chi connectivity index (χ0) is 17.8. The summed E-state index contributed by atoms with van der Waals surface area (Å²) in [7, 11) is 1.62. The molecule has 1 heterocycles. The number of nitrogens with one attached hydrogen (secondary N) is 2. The second-order valence-electron chi connectivity index (χ2n) is 5.45. The van der Waals surface area contributed by atoms with Gasteiger partial charge in [-0.2, -0.15) is 0 Å². The van der Waals surface area contributed by atoms with E-state index in [1.807, 2.05) is 37.3 Å². The van der Waals surface area contributed by atoms with E-state index >= 15 is 0 Å². The number of hydrogen-bond donors (Lipinski definition) is 3. The van der Waals surface area contributed by atoms with Crippen molar-refractivity contribution in [2.24, 2.45) is 0 Å². The van der Waals surface area contributed by atoms with Gasteiger partial charge in [-0.05, 0) is 42.8 Å². The van der Waals surface area contributed by atoms with Gasteiger partial charge in [-0.25, -0.2) is 9.97 Å². The Labute approximate surface area is 151 Å². The molecule has 0 aliphatic rings. The van der Waals surface area contributed by atoms with Gasteiger partial charge in [0.25, 0.3) is 0 Å². The highest BCUT2D eigenvalue weighted by Gasteiger charge is 2.11. The standard InChI is InChI=1S/C18H18ClN5O/c1-11-6-7-15(25-2)14(8-11)24-18-16(20)17(21-10-22-18)23-13-5-3-4-12(19)9-13/h3-10H,20H2,1-2H3,(H2,21,22,23,24). The Morgan fingerprint density at radius 2 is 1.80 bits per heavy atom. The highest BCUT2D eigenvalue weighted by molar-refractivity contribution is 6.30. The molecule has 1 aromatic heterocycles. The summed E-state index contributed by atoms with van der Waals surface area (Å²) in [6.07, 6.45) is 1.44. The van der Waals surface area contributed by atoms with Crippen LogP contribution in [0.5, 0.6) is 5.75 Å². The fourth-order valence-corrected chi connectivity index (χ4v) is 2.54. The number of ether oxygens (including phenoxy) is 1. The molecule has 3 rings (SSSR count). The van der Waals surface area contributed by atoms with E-state index in [0.717, 1.165) is 16.9 Å². The third-order valence-electron chi connectivity index (χ3n) is 3.58. The molecule has 0 amide bonds. The molecule has 0 saturated carbocycles. The zero-order valence-electron chi connectivity index (χ0n) is 13.9. The maximum absolute atomic E-state index is 6.22. The predicted molar refractivity (Wildman–Crippen MR) is 102 cm³/mol. The van der Waals surface area contributed by atoms with E-state index in [-0.39, 0.29) is 0 Å². The van der Waals surface area contributed by atoms with Crippen LogP contribution < -0.4 is 21.1 Å². The summed E-state index contributed by atoms with van der Waals surface area (Å²) in [5.41, 5.74) is 9.28. The molecule has 0 unspecified atom stereocenters. The summed E-state index contributed by atoms with van der Waals surface area (Å²) in [4.78, 5) is 8.43. The number of halogens is 1. The first-order chi connectivity index (χ1) is 12.1. The molecule has 0 fully saturated rings. The Kier molecular flexibility index (Phi) is 4.90. The topological polar surface area (TPSA) is 85.1 Å². The number of nitrogens with zero attached hydrogens (tertiary/aromatic N) is 2. The summed E-state index contributed by atoms with van der Waals surface area (Å²) in [6, 6.07) is 13.1. The normalized spacial score (nSPS) is 10.4. The highest BCUT2D eigenvalue weighted by atomic mass is 35.5. The Morgan fingerprint density at radius 3 is 2.52 bits per heavy atom. The van der Waals surface area contributed by atoms with E-state index in [4.69, 9.17) is 22.1 Å². The predicted octanol–water partition coefficient (Wildman–Crippen LogP) is 4.52. The van der Waals surface area contributed by atoms with Gasteiger partial charge in [0, 0.05) is 10.7 Å². The van der Waals surface area contributed by atoms with E-state index in [1.165, 1.54) is 6.33 Å². The average molecular weight is 356 g/mol. The molecule has 0 bridgehead atoms. The summed E-state index contributed by atoms with van der Waals surface area (Å²) in [6.45, 7) is 2.00. The van der Waals surface area contributed by atoms with E-state index in [9.17, 15) is 0 Å². The SMILES string of the molecule is COc1ccc(C)cc1Nc1ncnc(Nc2cccc(Cl)c2)c1N. The number of rotatable bonds is 5. The van der Waals surface area contributed by atoms with Gasteiger partial charge in [0.1, 0.15) is 17.8 Å². The highest BCUT2D eigenvalue weighted by Crippen LogP contribution is 2.32. The van der Waals surface area contributed by atoms with Gasteiger partial charge in [-0.3, -0.25) is 0 Å². The molecule has 6 nitrogen and oxygen atoms in total. The quantitative estimate of drug-likeness (QED) is 0.624. The van der Waals surface area contributed by atoms with Gasteiger partial charge in [0.05, 0.1) is 12.8 Å². The van der Waals surface area contributed by atoms with Crippen LogP contribution in [0.2, 0.25) is 5.02 Å². The maximum atomic E-state index is 6.22. The fourth-order valence-electron chi connectivity index (χ4n) is 2.34. The molecule has 0 aliphatic carbocycles. The van der Waals surface area contributed by atoms with Crippen LogP contribution in [0, 0.1) is 6.92 Å². The van der Waals surface area contributed by atoms with Crippen molar-refractivity contribution in [3.05, 3.63) is 59.4 Å². The number of nitrogens with two attached hydrogens (primary N) is 1. The molecule has 128 valence electrons. The van der Waals surface area contributed by atoms with Crippen LogP contribution in [-0.4, -0.2) is 17.1 Å². The van der Waals surface area contributed by atoms with Gasteiger partial charge in [-0.1, -0.05) is 23.7 Å². The number of aromatic nitrogens is 2. The summed E-state index contributed by atoms with van der Waals surface area (Å²) in [5, 5.41) is 6.98. The van der Waals surface area contributed by atoms with Crippen molar-refractivity contribution in [2.75, 3.05) is 23.5 Å². The molecule has 7 heteroatoms. The largest absolute Gasteiger partial charge is 0.495 e. The second-order valence-corrected chi connectivity index (χ2v) is 5.89. The van der Waals surface area contributed by atoms with Crippen LogP contribution in [0.4, 0.5) is 28.7 Å². The lowest BCUT2D eigenvalue weighted by molar-refractivity contribution is 0.416. The van der Waals surface area contributed by atoms with E-state index in [1.54, 1.807) is 19.2 Å². The molecule has 0 atom stereocenters. The Bertz CT molecular complexity index is 900. The molecule has 0 spiro atoms. The number of aryl methyl sites for hydroxylation is 1. The summed E-state index contributed by atoms with van der Waals surface area (Å²) < 4.78 is 5.37. The van der Waals surface area contributed by atoms with Gasteiger partial charge in [-0.15, -0.1) is 0 Å². The van der Waals surface area contributed by atoms with Gasteiger partial charge < -0.3 is 21.1 Å². The number of methoxy groups -OCH3 is 1. The van der Waals surface area contributed by atoms with Crippen LogP contribution in [0.1, 0.15) is 5.56 Å². The van der Waals surface area contributed by atoms with Crippen molar-refractivity contribution in [3.8, 4) is 5.75 Å². The van der Waals surface area contributed by atoms with Crippen molar-refractivity contribution in [1.29, 1.82) is 0 Å². The first-order valence-electron chi connectivity index (χ1n) is 7.61. The van der Waals surface area contributed by atoms with E-state index in [0.29, 0.717) is 28.1 Å². The first-order valence-corrected chi connectivity index (χ1v) is 7.99. The van der Waals surface area contributed by atoms with Gasteiger partial charge in [0.2, 0.25) is 0 Å². The molecule has 0 aliphatic heterocycles. The van der Waals surface area contributed by atoms with Crippen LogP contribution in [0.15, 0.2) is 48.8 Å². The number of hydrogen-bond acceptors (Lipinski definition) is 6. The molecule has 0 radical (unpaired) electrons. The molecule has 25 heavy (non-hydrogen) atoms. The van der Waals surface area contributed by atoms with Crippen LogP contribution in [0.25, 0.3) is 0 Å². The minimum Gasteiger partial charge on any atom is -0.495 e. The summed E-state index contributed by atoms with van der Waals surface area (Å²) in [5.74, 6) is 1.68. The van der Waals surface area contributed by atoms with Gasteiger partial charge >= 0.3 is 0 Å². The number of nitrogen functional groups attached to an aromatic ring is 1. The smallest absolute Gasteiger partial charge is 0.159 e. The zero-order valence-corrected chi connectivity index (χ0v) is 14.6. The van der Waals surface area contributed by atoms with Crippen LogP contribution in [0.3, 0.4) is 0 Å².